The van der Waals surface area contributed by atoms with Crippen LogP contribution in [0.4, 0.5) is 5.82 Å². The predicted molar refractivity (Wildman–Crippen MR) is 108 cm³/mol. The number of imidazole rings is 1. The van der Waals surface area contributed by atoms with Gasteiger partial charge in [0.2, 0.25) is 11.2 Å². The molecule has 2 aromatic rings. The van der Waals surface area contributed by atoms with Crippen LogP contribution in [-0.2, 0) is 14.3 Å². The summed E-state index contributed by atoms with van der Waals surface area (Å²) < 4.78 is 5.11. The lowest BCUT2D eigenvalue weighted by Crippen LogP contribution is -2.48. The summed E-state index contributed by atoms with van der Waals surface area (Å²) in [6, 6.07) is 0. The lowest BCUT2D eigenvalue weighted by Gasteiger charge is -2.37. The lowest BCUT2D eigenvalue weighted by molar-refractivity contribution is -0.151. The van der Waals surface area contributed by atoms with E-state index in [9.17, 15) is 9.59 Å². The molecule has 0 spiro atoms. The number of carbonyl (C=O) groups is 2. The van der Waals surface area contributed by atoms with Gasteiger partial charge in [-0.2, -0.15) is 9.97 Å². The van der Waals surface area contributed by atoms with Crippen LogP contribution in [0.5, 0.6) is 0 Å². The molecular weight excluding hydrogens is 396 g/mol. The Labute approximate surface area is 173 Å². The van der Waals surface area contributed by atoms with Crippen LogP contribution >= 0.6 is 11.6 Å². The van der Waals surface area contributed by atoms with Crippen molar-refractivity contribution >= 4 is 40.5 Å². The molecule has 0 aromatic carbocycles. The third-order valence-corrected chi connectivity index (χ3v) is 5.91. The number of amides is 1. The highest BCUT2D eigenvalue weighted by Crippen LogP contribution is 2.29. The van der Waals surface area contributed by atoms with Gasteiger partial charge in [0.05, 0.1) is 24.8 Å². The summed E-state index contributed by atoms with van der Waals surface area (Å²) in [6.07, 6.45) is 4.64. The van der Waals surface area contributed by atoms with Crippen molar-refractivity contribution in [1.82, 2.24) is 24.8 Å². The van der Waals surface area contributed by atoms with Gasteiger partial charge in [0.15, 0.2) is 11.5 Å². The number of halogens is 1. The SMILES string of the molecule is CCOC(=O)C1CCN(C(=O)[C@@H]2CCCN(c3nc(Cl)nc4nc[nH]c34)C2)CC1. The number of ether oxygens (including phenoxy) is 1. The van der Waals surface area contributed by atoms with Crippen molar-refractivity contribution in [3.63, 3.8) is 0 Å². The minimum atomic E-state index is -0.146. The Morgan fingerprint density at radius 2 is 2.00 bits per heavy atom. The summed E-state index contributed by atoms with van der Waals surface area (Å²) >= 11 is 6.07. The molecule has 4 heterocycles. The second-order valence-corrected chi connectivity index (χ2v) is 7.89. The number of hydrogen-bond donors (Lipinski definition) is 1. The summed E-state index contributed by atoms with van der Waals surface area (Å²) in [6.45, 7) is 4.79. The van der Waals surface area contributed by atoms with Crippen LogP contribution in [0.15, 0.2) is 6.33 Å². The van der Waals surface area contributed by atoms with E-state index in [2.05, 4.69) is 24.8 Å². The Kier molecular flexibility index (Phi) is 5.84. The van der Waals surface area contributed by atoms with Crippen LogP contribution in [0.2, 0.25) is 5.28 Å². The van der Waals surface area contributed by atoms with Gasteiger partial charge in [-0.25, -0.2) is 4.98 Å². The van der Waals surface area contributed by atoms with Crippen LogP contribution in [-0.4, -0.2) is 69.5 Å². The Morgan fingerprint density at radius 3 is 2.76 bits per heavy atom. The normalized spacial score (nSPS) is 20.8. The number of nitrogens with one attached hydrogen (secondary N) is 1. The van der Waals surface area contributed by atoms with Crippen LogP contribution in [0.3, 0.4) is 0 Å². The number of nitrogens with zero attached hydrogens (tertiary/aromatic N) is 5. The molecule has 10 heteroatoms. The summed E-state index contributed by atoms with van der Waals surface area (Å²) in [4.78, 5) is 44.8. The van der Waals surface area contributed by atoms with E-state index in [1.807, 2.05) is 11.8 Å². The zero-order chi connectivity index (χ0) is 20.4. The van der Waals surface area contributed by atoms with Gasteiger partial charge in [0, 0.05) is 26.2 Å². The molecule has 2 aliphatic heterocycles. The Hall–Kier alpha value is -2.42. The van der Waals surface area contributed by atoms with E-state index in [1.165, 1.54) is 0 Å². The maximum absolute atomic E-state index is 13.1. The van der Waals surface area contributed by atoms with Gasteiger partial charge < -0.3 is 19.5 Å². The number of esters is 1. The van der Waals surface area contributed by atoms with Gasteiger partial charge in [-0.05, 0) is 44.2 Å². The van der Waals surface area contributed by atoms with Crippen molar-refractivity contribution in [2.24, 2.45) is 11.8 Å². The van der Waals surface area contributed by atoms with E-state index in [0.717, 1.165) is 24.9 Å². The molecule has 0 aliphatic carbocycles. The highest BCUT2D eigenvalue weighted by atomic mass is 35.5. The number of aromatic amines is 1. The fraction of sp³-hybridized carbons (Fsp3) is 0.632. The quantitative estimate of drug-likeness (QED) is 0.596. The van der Waals surface area contributed by atoms with E-state index in [-0.39, 0.29) is 29.0 Å². The number of aromatic nitrogens is 4. The molecule has 1 atom stereocenters. The summed E-state index contributed by atoms with van der Waals surface area (Å²) in [5, 5.41) is 0.147. The molecule has 0 unspecified atom stereocenters. The second kappa shape index (κ2) is 8.52. The predicted octanol–water partition coefficient (Wildman–Crippen LogP) is 2.02. The lowest BCUT2D eigenvalue weighted by atomic mass is 9.93. The topological polar surface area (TPSA) is 104 Å². The number of H-pyrrole nitrogens is 1. The first-order chi connectivity index (χ1) is 14.1. The first-order valence-electron chi connectivity index (χ1n) is 10.1. The van der Waals surface area contributed by atoms with Crippen LogP contribution in [0.25, 0.3) is 11.2 Å². The van der Waals surface area contributed by atoms with Gasteiger partial charge in [-0.15, -0.1) is 0 Å². The van der Waals surface area contributed by atoms with Gasteiger partial charge in [-0.1, -0.05) is 0 Å². The average Bonchev–Trinajstić information content (AvgIpc) is 3.21. The number of likely N-dealkylation sites (tertiary alicyclic amines) is 1. The number of carbonyl (C=O) groups excluding carboxylic acids is 2. The number of hydrogen-bond acceptors (Lipinski definition) is 7. The highest BCUT2D eigenvalue weighted by molar-refractivity contribution is 6.28. The molecule has 9 nitrogen and oxygen atoms in total. The third-order valence-electron chi connectivity index (χ3n) is 5.74. The van der Waals surface area contributed by atoms with Crippen molar-refractivity contribution in [3.05, 3.63) is 11.6 Å². The highest BCUT2D eigenvalue weighted by Gasteiger charge is 2.34. The first-order valence-corrected chi connectivity index (χ1v) is 10.5. The Balaban J connectivity index is 1.42. The number of rotatable bonds is 4. The molecule has 0 saturated carbocycles. The fourth-order valence-corrected chi connectivity index (χ4v) is 4.41. The molecule has 2 fully saturated rings. The summed E-state index contributed by atoms with van der Waals surface area (Å²) in [5.74, 6) is 0.495. The van der Waals surface area contributed by atoms with Crippen molar-refractivity contribution in [2.75, 3.05) is 37.7 Å². The third kappa shape index (κ3) is 4.14. The molecule has 2 aliphatic rings. The summed E-state index contributed by atoms with van der Waals surface area (Å²) in [7, 11) is 0. The monoisotopic (exact) mass is 420 g/mol. The molecule has 1 N–H and O–H groups in total. The van der Waals surface area contributed by atoms with E-state index in [1.54, 1.807) is 6.33 Å². The van der Waals surface area contributed by atoms with Crippen LogP contribution in [0, 0.1) is 11.8 Å². The Morgan fingerprint density at radius 1 is 1.21 bits per heavy atom. The molecule has 2 aromatic heterocycles. The molecule has 156 valence electrons. The number of anilines is 1. The van der Waals surface area contributed by atoms with Crippen LogP contribution < -0.4 is 4.90 Å². The van der Waals surface area contributed by atoms with E-state index < -0.39 is 0 Å². The molecule has 2 saturated heterocycles. The largest absolute Gasteiger partial charge is 0.466 e. The average molecular weight is 421 g/mol. The Bertz CT molecular complexity index is 895. The van der Waals surface area contributed by atoms with Crippen LogP contribution in [0.1, 0.15) is 32.6 Å². The molecule has 29 heavy (non-hydrogen) atoms. The van der Waals surface area contributed by atoms with E-state index in [4.69, 9.17) is 16.3 Å². The van der Waals surface area contributed by atoms with Gasteiger partial charge in [0.25, 0.3) is 0 Å². The van der Waals surface area contributed by atoms with E-state index >= 15 is 0 Å². The van der Waals surface area contributed by atoms with Crippen molar-refractivity contribution in [3.8, 4) is 0 Å². The second-order valence-electron chi connectivity index (χ2n) is 7.55. The van der Waals surface area contributed by atoms with Crippen molar-refractivity contribution in [1.29, 1.82) is 0 Å². The maximum atomic E-state index is 13.1. The zero-order valence-corrected chi connectivity index (χ0v) is 17.2. The minimum absolute atomic E-state index is 0.0984. The molecule has 1 amide bonds. The standard InChI is InChI=1S/C19H25ClN6O3/c1-2-29-18(28)12-5-8-25(9-6-12)17(27)13-4-3-7-26(10-13)16-14-15(22-11-21-14)23-19(20)24-16/h11-13H,2-10H2,1H3,(H,21,22,23,24)/t13-/m1/s1. The molecule has 0 bridgehead atoms. The summed E-state index contributed by atoms with van der Waals surface area (Å²) in [5.41, 5.74) is 1.26. The smallest absolute Gasteiger partial charge is 0.309 e. The van der Waals surface area contributed by atoms with Crippen molar-refractivity contribution in [2.45, 2.75) is 32.6 Å². The maximum Gasteiger partial charge on any atom is 0.309 e. The molecular formula is C19H25ClN6O3. The molecule has 0 radical (unpaired) electrons. The van der Waals surface area contributed by atoms with Crippen molar-refractivity contribution < 1.29 is 14.3 Å². The minimum Gasteiger partial charge on any atom is -0.466 e. The number of piperidine rings is 2. The van der Waals surface area contributed by atoms with Gasteiger partial charge in [-0.3, -0.25) is 9.59 Å². The number of fused-ring (bicyclic) bond motifs is 1. The van der Waals surface area contributed by atoms with E-state index in [0.29, 0.717) is 50.5 Å². The van der Waals surface area contributed by atoms with Gasteiger partial charge in [0.1, 0.15) is 5.52 Å². The molecule has 4 rings (SSSR count). The van der Waals surface area contributed by atoms with Gasteiger partial charge >= 0.3 is 5.97 Å². The first kappa shape index (κ1) is 19.9. The zero-order valence-electron chi connectivity index (χ0n) is 16.4. The fourth-order valence-electron chi connectivity index (χ4n) is 4.25.